The van der Waals surface area contributed by atoms with E-state index in [0.717, 1.165) is 35.5 Å². The topological polar surface area (TPSA) is 29.9 Å². The minimum absolute atomic E-state index is 0.227. The molecule has 0 aliphatic heterocycles. The van der Waals surface area contributed by atoms with Crippen LogP contribution in [0.4, 0.5) is 10.1 Å². The Morgan fingerprint density at radius 1 is 1.15 bits per heavy atom. The van der Waals surface area contributed by atoms with Gasteiger partial charge in [-0.05, 0) is 30.3 Å². The summed E-state index contributed by atoms with van der Waals surface area (Å²) in [4.78, 5) is 4.54. The standard InChI is InChI=1S/C16H16FN3/c1-20-15-11-12(17)7-8-14(15)19-16(20)9-10-18-13-5-3-2-4-6-13/h2-8,11,18H,9-10H2,1H3. The lowest BCUT2D eigenvalue weighted by Gasteiger charge is -2.06. The molecule has 1 N–H and O–H groups in total. The first-order valence-electron chi connectivity index (χ1n) is 6.64. The fourth-order valence-corrected chi connectivity index (χ4v) is 2.31. The minimum atomic E-state index is -0.227. The summed E-state index contributed by atoms with van der Waals surface area (Å²) in [5.74, 6) is 0.725. The molecule has 3 aromatic rings. The van der Waals surface area contributed by atoms with Gasteiger partial charge in [-0.3, -0.25) is 0 Å². The summed E-state index contributed by atoms with van der Waals surface area (Å²) in [6.45, 7) is 0.795. The van der Waals surface area contributed by atoms with Crippen LogP contribution in [0.3, 0.4) is 0 Å². The van der Waals surface area contributed by atoms with Gasteiger partial charge in [-0.1, -0.05) is 18.2 Å². The highest BCUT2D eigenvalue weighted by atomic mass is 19.1. The molecule has 1 heterocycles. The number of nitrogens with one attached hydrogen (secondary N) is 1. The average molecular weight is 269 g/mol. The Bertz CT molecular complexity index is 719. The molecule has 0 spiro atoms. The van der Waals surface area contributed by atoms with Crippen LogP contribution in [0.2, 0.25) is 0 Å². The van der Waals surface area contributed by atoms with E-state index in [1.807, 2.05) is 41.9 Å². The van der Waals surface area contributed by atoms with Crippen molar-refractivity contribution >= 4 is 16.7 Å². The Hall–Kier alpha value is -2.36. The number of imidazole rings is 1. The first-order chi connectivity index (χ1) is 9.74. The number of nitrogens with zero attached hydrogens (tertiary/aromatic N) is 2. The van der Waals surface area contributed by atoms with Gasteiger partial charge in [-0.2, -0.15) is 0 Å². The predicted octanol–water partition coefficient (Wildman–Crippen LogP) is 3.37. The maximum Gasteiger partial charge on any atom is 0.125 e. The van der Waals surface area contributed by atoms with Crippen LogP contribution in [0.15, 0.2) is 48.5 Å². The summed E-state index contributed by atoms with van der Waals surface area (Å²) in [6.07, 6.45) is 0.793. The van der Waals surface area contributed by atoms with Crippen LogP contribution < -0.4 is 5.32 Å². The van der Waals surface area contributed by atoms with Gasteiger partial charge in [0.1, 0.15) is 11.6 Å². The molecule has 0 aliphatic carbocycles. The van der Waals surface area contributed by atoms with Gasteiger partial charge in [-0.15, -0.1) is 0 Å². The van der Waals surface area contributed by atoms with E-state index >= 15 is 0 Å². The van der Waals surface area contributed by atoms with E-state index in [1.165, 1.54) is 12.1 Å². The average Bonchev–Trinajstić information content (AvgIpc) is 2.77. The van der Waals surface area contributed by atoms with Gasteiger partial charge in [0.2, 0.25) is 0 Å². The number of aryl methyl sites for hydroxylation is 1. The molecule has 0 atom stereocenters. The number of anilines is 1. The summed E-state index contributed by atoms with van der Waals surface area (Å²) in [6, 6.07) is 14.7. The summed E-state index contributed by atoms with van der Waals surface area (Å²) in [7, 11) is 1.92. The van der Waals surface area contributed by atoms with Crippen LogP contribution in [-0.4, -0.2) is 16.1 Å². The molecule has 0 bridgehead atoms. The first kappa shape index (κ1) is 12.7. The van der Waals surface area contributed by atoms with Crippen LogP contribution in [0, 0.1) is 5.82 Å². The minimum Gasteiger partial charge on any atom is -0.385 e. The number of para-hydroxylation sites is 1. The zero-order valence-corrected chi connectivity index (χ0v) is 11.3. The van der Waals surface area contributed by atoms with Crippen LogP contribution >= 0.6 is 0 Å². The van der Waals surface area contributed by atoms with Crippen molar-refractivity contribution in [3.05, 3.63) is 60.2 Å². The van der Waals surface area contributed by atoms with Crippen LogP contribution in [0.1, 0.15) is 5.82 Å². The van der Waals surface area contributed by atoms with E-state index in [-0.39, 0.29) is 5.82 Å². The molecule has 0 fully saturated rings. The van der Waals surface area contributed by atoms with Crippen molar-refractivity contribution in [2.75, 3.05) is 11.9 Å². The number of fused-ring (bicyclic) bond motifs is 1. The molecule has 0 unspecified atom stereocenters. The second kappa shape index (κ2) is 5.33. The molecule has 1 aromatic heterocycles. The number of rotatable bonds is 4. The second-order valence-electron chi connectivity index (χ2n) is 4.76. The van der Waals surface area contributed by atoms with Gasteiger partial charge < -0.3 is 9.88 Å². The fourth-order valence-electron chi connectivity index (χ4n) is 2.31. The van der Waals surface area contributed by atoms with Crippen molar-refractivity contribution in [2.45, 2.75) is 6.42 Å². The Labute approximate surface area is 117 Å². The first-order valence-corrected chi connectivity index (χ1v) is 6.64. The lowest BCUT2D eigenvalue weighted by atomic mass is 10.3. The maximum atomic E-state index is 13.2. The molecular weight excluding hydrogens is 253 g/mol. The summed E-state index contributed by atoms with van der Waals surface area (Å²) < 4.78 is 15.2. The zero-order chi connectivity index (χ0) is 13.9. The van der Waals surface area contributed by atoms with Crippen molar-refractivity contribution in [3.8, 4) is 0 Å². The van der Waals surface area contributed by atoms with Crippen LogP contribution in [-0.2, 0) is 13.5 Å². The second-order valence-corrected chi connectivity index (χ2v) is 4.76. The molecule has 3 nitrogen and oxygen atoms in total. The van der Waals surface area contributed by atoms with E-state index in [0.29, 0.717) is 0 Å². The molecule has 0 saturated heterocycles. The maximum absolute atomic E-state index is 13.2. The lowest BCUT2D eigenvalue weighted by molar-refractivity contribution is 0.628. The van der Waals surface area contributed by atoms with E-state index in [4.69, 9.17) is 0 Å². The quantitative estimate of drug-likeness (QED) is 0.787. The Kier molecular flexibility index (Phi) is 3.37. The van der Waals surface area contributed by atoms with Crippen molar-refractivity contribution in [3.63, 3.8) is 0 Å². The highest BCUT2D eigenvalue weighted by Gasteiger charge is 2.08. The smallest absolute Gasteiger partial charge is 0.125 e. The third-order valence-corrected chi connectivity index (χ3v) is 3.39. The molecule has 20 heavy (non-hydrogen) atoms. The molecular formula is C16H16FN3. The van der Waals surface area contributed by atoms with Crippen molar-refractivity contribution < 1.29 is 4.39 Å². The molecule has 4 heteroatoms. The number of benzene rings is 2. The molecule has 102 valence electrons. The monoisotopic (exact) mass is 269 g/mol. The normalized spacial score (nSPS) is 10.9. The Balaban J connectivity index is 1.73. The summed E-state index contributed by atoms with van der Waals surface area (Å²) in [5.41, 5.74) is 2.76. The molecule has 0 saturated carbocycles. The highest BCUT2D eigenvalue weighted by Crippen LogP contribution is 2.16. The van der Waals surface area contributed by atoms with Gasteiger partial charge in [0.25, 0.3) is 0 Å². The molecule has 0 aliphatic rings. The summed E-state index contributed by atoms with van der Waals surface area (Å²) >= 11 is 0. The predicted molar refractivity (Wildman–Crippen MR) is 79.3 cm³/mol. The third-order valence-electron chi connectivity index (χ3n) is 3.39. The largest absolute Gasteiger partial charge is 0.385 e. The van der Waals surface area contributed by atoms with Gasteiger partial charge in [0.05, 0.1) is 11.0 Å². The Morgan fingerprint density at radius 2 is 1.95 bits per heavy atom. The van der Waals surface area contributed by atoms with E-state index in [9.17, 15) is 4.39 Å². The van der Waals surface area contributed by atoms with Crippen molar-refractivity contribution in [1.29, 1.82) is 0 Å². The van der Waals surface area contributed by atoms with Crippen molar-refractivity contribution in [1.82, 2.24) is 9.55 Å². The van der Waals surface area contributed by atoms with E-state index < -0.39 is 0 Å². The number of halogens is 1. The van der Waals surface area contributed by atoms with Gasteiger partial charge >= 0.3 is 0 Å². The summed E-state index contributed by atoms with van der Waals surface area (Å²) in [5, 5.41) is 3.35. The van der Waals surface area contributed by atoms with Crippen LogP contribution in [0.5, 0.6) is 0 Å². The van der Waals surface area contributed by atoms with Gasteiger partial charge in [-0.25, -0.2) is 9.37 Å². The molecule has 0 radical (unpaired) electrons. The van der Waals surface area contributed by atoms with E-state index in [2.05, 4.69) is 10.3 Å². The SMILES string of the molecule is Cn1c(CCNc2ccccc2)nc2ccc(F)cc21. The lowest BCUT2D eigenvalue weighted by Crippen LogP contribution is -2.08. The highest BCUT2D eigenvalue weighted by molar-refractivity contribution is 5.75. The Morgan fingerprint density at radius 3 is 2.75 bits per heavy atom. The number of hydrogen-bond donors (Lipinski definition) is 1. The zero-order valence-electron chi connectivity index (χ0n) is 11.3. The van der Waals surface area contributed by atoms with Gasteiger partial charge in [0, 0.05) is 25.7 Å². The van der Waals surface area contributed by atoms with Gasteiger partial charge in [0.15, 0.2) is 0 Å². The molecule has 2 aromatic carbocycles. The molecule has 0 amide bonds. The number of hydrogen-bond acceptors (Lipinski definition) is 2. The van der Waals surface area contributed by atoms with E-state index in [1.54, 1.807) is 6.07 Å². The number of aromatic nitrogens is 2. The van der Waals surface area contributed by atoms with Crippen LogP contribution in [0.25, 0.3) is 11.0 Å². The fraction of sp³-hybridized carbons (Fsp3) is 0.188. The van der Waals surface area contributed by atoms with Crippen molar-refractivity contribution in [2.24, 2.45) is 7.05 Å². The third kappa shape index (κ3) is 2.50. The molecule has 3 rings (SSSR count).